The van der Waals surface area contributed by atoms with Gasteiger partial charge in [0.1, 0.15) is 0 Å². The Morgan fingerprint density at radius 3 is 2.42 bits per heavy atom. The quantitative estimate of drug-likeness (QED) is 0.620. The Balaban J connectivity index is 2.07. The number of amides is 1. The molecule has 0 aliphatic heterocycles. The molecule has 0 aliphatic rings. The van der Waals surface area contributed by atoms with E-state index in [4.69, 9.17) is 4.74 Å². The van der Waals surface area contributed by atoms with Crippen LogP contribution < -0.4 is 5.32 Å². The van der Waals surface area contributed by atoms with Crippen LogP contribution in [0, 0.1) is 17.5 Å². The first-order valence-corrected chi connectivity index (χ1v) is 7.50. The van der Waals surface area contributed by atoms with E-state index in [2.05, 4.69) is 15.9 Å². The molecule has 2 rings (SSSR count). The van der Waals surface area contributed by atoms with Crippen molar-refractivity contribution in [3.8, 4) is 0 Å². The zero-order valence-corrected chi connectivity index (χ0v) is 13.9. The predicted molar refractivity (Wildman–Crippen MR) is 84.0 cm³/mol. The smallest absolute Gasteiger partial charge is 0.340 e. The highest BCUT2D eigenvalue weighted by atomic mass is 79.9. The van der Waals surface area contributed by atoms with Crippen molar-refractivity contribution < 1.29 is 27.5 Å². The molecule has 1 amide bonds. The standard InChI is InChI=1S/C16H11BrF3NO3/c1-8(24-16(23)9-4-2-3-5-10(9)17)15(22)21-12-7-6-11(18)13(19)14(12)20/h2-8H,1H3,(H,21,22)/t8-/m1/s1. The summed E-state index contributed by atoms with van der Waals surface area (Å²) in [6.07, 6.45) is -1.28. The van der Waals surface area contributed by atoms with Crippen LogP contribution >= 0.6 is 15.9 Å². The van der Waals surface area contributed by atoms with Crippen LogP contribution in [0.3, 0.4) is 0 Å². The van der Waals surface area contributed by atoms with Crippen LogP contribution in [0.5, 0.6) is 0 Å². The molecule has 0 aromatic heterocycles. The number of hydrogen-bond donors (Lipinski definition) is 1. The van der Waals surface area contributed by atoms with Crippen LogP contribution in [0.1, 0.15) is 17.3 Å². The van der Waals surface area contributed by atoms with Crippen LogP contribution in [0.2, 0.25) is 0 Å². The Kier molecular flexibility index (Phi) is 5.61. The maximum Gasteiger partial charge on any atom is 0.340 e. The van der Waals surface area contributed by atoms with E-state index in [9.17, 15) is 22.8 Å². The summed E-state index contributed by atoms with van der Waals surface area (Å²) in [4.78, 5) is 23.9. The lowest BCUT2D eigenvalue weighted by molar-refractivity contribution is -0.123. The molecule has 0 fully saturated rings. The summed E-state index contributed by atoms with van der Waals surface area (Å²) in [7, 11) is 0. The Labute approximate surface area is 143 Å². The van der Waals surface area contributed by atoms with Crippen LogP contribution in [0.15, 0.2) is 40.9 Å². The van der Waals surface area contributed by atoms with Gasteiger partial charge in [0, 0.05) is 4.47 Å². The molecule has 0 saturated heterocycles. The van der Waals surface area contributed by atoms with Gasteiger partial charge in [-0.3, -0.25) is 4.79 Å². The number of esters is 1. The molecular formula is C16H11BrF3NO3. The third kappa shape index (κ3) is 3.94. The Morgan fingerprint density at radius 1 is 1.08 bits per heavy atom. The molecule has 1 N–H and O–H groups in total. The minimum atomic E-state index is -1.70. The predicted octanol–water partition coefficient (Wildman–Crippen LogP) is 4.05. The molecule has 0 bridgehead atoms. The third-order valence-electron chi connectivity index (χ3n) is 3.04. The van der Waals surface area contributed by atoms with E-state index < -0.39 is 41.1 Å². The molecule has 2 aromatic carbocycles. The molecule has 0 aliphatic carbocycles. The van der Waals surface area contributed by atoms with Gasteiger partial charge in [-0.25, -0.2) is 18.0 Å². The minimum absolute atomic E-state index is 0.205. The number of carbonyl (C=O) groups is 2. The topological polar surface area (TPSA) is 55.4 Å². The lowest BCUT2D eigenvalue weighted by Gasteiger charge is -2.14. The van der Waals surface area contributed by atoms with Gasteiger partial charge in [-0.15, -0.1) is 0 Å². The summed E-state index contributed by atoms with van der Waals surface area (Å²) >= 11 is 3.17. The molecule has 1 atom stereocenters. The summed E-state index contributed by atoms with van der Waals surface area (Å²) in [5, 5.41) is 2.04. The molecule has 2 aromatic rings. The number of hydrogen-bond acceptors (Lipinski definition) is 3. The number of ether oxygens (including phenoxy) is 1. The average Bonchev–Trinajstić information content (AvgIpc) is 2.55. The van der Waals surface area contributed by atoms with Crippen LogP contribution in [-0.4, -0.2) is 18.0 Å². The molecule has 0 spiro atoms. The summed E-state index contributed by atoms with van der Waals surface area (Å²) in [6, 6.07) is 7.97. The van der Waals surface area contributed by atoms with Crippen molar-refractivity contribution in [3.05, 3.63) is 63.9 Å². The number of anilines is 1. The van der Waals surface area contributed by atoms with E-state index >= 15 is 0 Å². The van der Waals surface area contributed by atoms with Crippen LogP contribution in [0.4, 0.5) is 18.9 Å². The number of nitrogens with one attached hydrogen (secondary N) is 1. The molecule has 0 heterocycles. The van der Waals surface area contributed by atoms with E-state index in [1.54, 1.807) is 18.2 Å². The number of benzene rings is 2. The van der Waals surface area contributed by atoms with Crippen molar-refractivity contribution in [3.63, 3.8) is 0 Å². The number of rotatable bonds is 4. The molecule has 0 unspecified atom stereocenters. The van der Waals surface area contributed by atoms with Crippen molar-refractivity contribution in [1.82, 2.24) is 0 Å². The highest BCUT2D eigenvalue weighted by Gasteiger charge is 2.22. The fourth-order valence-corrected chi connectivity index (χ4v) is 2.21. The van der Waals surface area contributed by atoms with Gasteiger partial charge < -0.3 is 10.1 Å². The van der Waals surface area contributed by atoms with Gasteiger partial charge in [0.15, 0.2) is 23.6 Å². The Bertz CT molecular complexity index is 798. The molecule has 4 nitrogen and oxygen atoms in total. The van der Waals surface area contributed by atoms with Crippen LogP contribution in [0.25, 0.3) is 0 Å². The van der Waals surface area contributed by atoms with E-state index in [0.29, 0.717) is 10.5 Å². The van der Waals surface area contributed by atoms with E-state index in [-0.39, 0.29) is 5.56 Å². The maximum atomic E-state index is 13.5. The lowest BCUT2D eigenvalue weighted by Crippen LogP contribution is -2.30. The molecule has 8 heteroatoms. The van der Waals surface area contributed by atoms with Gasteiger partial charge in [0.25, 0.3) is 5.91 Å². The fraction of sp³-hybridized carbons (Fsp3) is 0.125. The summed E-state index contributed by atoms with van der Waals surface area (Å²) < 4.78 is 45.0. The van der Waals surface area contributed by atoms with Gasteiger partial charge in [0.05, 0.1) is 11.3 Å². The summed E-state index contributed by atoms with van der Waals surface area (Å²) in [5.41, 5.74) is -0.348. The Hall–Kier alpha value is -2.35. The first kappa shape index (κ1) is 18.0. The second-order valence-corrected chi connectivity index (χ2v) is 5.59. The molecule has 0 radical (unpaired) electrons. The number of carbonyl (C=O) groups excluding carboxylic acids is 2. The van der Waals surface area contributed by atoms with Crippen LogP contribution in [-0.2, 0) is 9.53 Å². The zero-order valence-electron chi connectivity index (χ0n) is 12.3. The normalized spacial score (nSPS) is 11.7. The monoisotopic (exact) mass is 401 g/mol. The van der Waals surface area contributed by atoms with Crippen molar-refractivity contribution in [2.45, 2.75) is 13.0 Å². The summed E-state index contributed by atoms with van der Waals surface area (Å²) in [6.45, 7) is 1.27. The zero-order chi connectivity index (χ0) is 17.9. The van der Waals surface area contributed by atoms with Gasteiger partial charge >= 0.3 is 5.97 Å². The Morgan fingerprint density at radius 2 is 1.75 bits per heavy atom. The van der Waals surface area contributed by atoms with E-state index in [0.717, 1.165) is 6.07 Å². The molecular weight excluding hydrogens is 391 g/mol. The maximum absolute atomic E-state index is 13.5. The van der Waals surface area contributed by atoms with Crippen molar-refractivity contribution in [1.29, 1.82) is 0 Å². The van der Waals surface area contributed by atoms with Gasteiger partial charge in [0.2, 0.25) is 0 Å². The average molecular weight is 402 g/mol. The first-order valence-electron chi connectivity index (χ1n) is 6.71. The molecule has 24 heavy (non-hydrogen) atoms. The molecule has 0 saturated carbocycles. The van der Waals surface area contributed by atoms with Gasteiger partial charge in [-0.2, -0.15) is 0 Å². The SMILES string of the molecule is C[C@@H](OC(=O)c1ccccc1Br)C(=O)Nc1ccc(F)c(F)c1F. The highest BCUT2D eigenvalue weighted by molar-refractivity contribution is 9.10. The first-order chi connectivity index (χ1) is 11.3. The van der Waals surface area contributed by atoms with Gasteiger partial charge in [-0.05, 0) is 47.1 Å². The van der Waals surface area contributed by atoms with E-state index in [1.165, 1.54) is 13.0 Å². The van der Waals surface area contributed by atoms with E-state index in [1.807, 2.05) is 5.32 Å². The van der Waals surface area contributed by atoms with Crippen molar-refractivity contribution in [2.75, 3.05) is 5.32 Å². The minimum Gasteiger partial charge on any atom is -0.449 e. The highest BCUT2D eigenvalue weighted by Crippen LogP contribution is 2.21. The van der Waals surface area contributed by atoms with Crippen molar-refractivity contribution in [2.24, 2.45) is 0 Å². The lowest BCUT2D eigenvalue weighted by atomic mass is 10.2. The fourth-order valence-electron chi connectivity index (χ4n) is 1.76. The third-order valence-corrected chi connectivity index (χ3v) is 3.73. The van der Waals surface area contributed by atoms with Crippen molar-refractivity contribution >= 4 is 33.5 Å². The van der Waals surface area contributed by atoms with Gasteiger partial charge in [-0.1, -0.05) is 12.1 Å². The largest absolute Gasteiger partial charge is 0.449 e. The second-order valence-electron chi connectivity index (χ2n) is 4.74. The second kappa shape index (κ2) is 7.48. The summed E-state index contributed by atoms with van der Waals surface area (Å²) in [5.74, 6) is -6.27. The molecule has 126 valence electrons. The number of halogens is 4.